The fourth-order valence-corrected chi connectivity index (χ4v) is 2.40. The first kappa shape index (κ1) is 16.0. The minimum absolute atomic E-state index is 0.0233. The van der Waals surface area contributed by atoms with Crippen LogP contribution in [0.1, 0.15) is 10.4 Å². The van der Waals surface area contributed by atoms with Gasteiger partial charge in [-0.2, -0.15) is 0 Å². The molecule has 0 saturated carbocycles. The standard InChI is InChI=1S/C17H12ClFN2O3/c1-23-13-7-2-4-9-8-10(16(20)22)17(24-15(9)13)21-12-6-3-5-11(18)14(12)19/h2-8H,1H3,(H2,20,22). The Labute approximate surface area is 141 Å². The zero-order chi connectivity index (χ0) is 17.3. The molecule has 0 aliphatic rings. The number of carbonyl (C=O) groups excluding carboxylic acids is 1. The summed E-state index contributed by atoms with van der Waals surface area (Å²) in [6.07, 6.45) is 0. The van der Waals surface area contributed by atoms with E-state index in [4.69, 9.17) is 26.5 Å². The highest BCUT2D eigenvalue weighted by Gasteiger charge is 2.13. The quantitative estimate of drug-likeness (QED) is 0.787. The van der Waals surface area contributed by atoms with Crippen LogP contribution in [0.2, 0.25) is 5.02 Å². The number of fused-ring (bicyclic) bond motifs is 1. The number of benzene rings is 2. The van der Waals surface area contributed by atoms with E-state index in [9.17, 15) is 9.18 Å². The molecule has 24 heavy (non-hydrogen) atoms. The van der Waals surface area contributed by atoms with Crippen molar-refractivity contribution in [2.75, 3.05) is 7.11 Å². The first-order chi connectivity index (χ1) is 11.5. The highest BCUT2D eigenvalue weighted by Crippen LogP contribution is 2.26. The molecule has 0 fully saturated rings. The van der Waals surface area contributed by atoms with Crippen molar-refractivity contribution in [3.05, 3.63) is 64.4 Å². The van der Waals surface area contributed by atoms with Gasteiger partial charge in [0.15, 0.2) is 17.1 Å². The molecule has 0 aliphatic carbocycles. The summed E-state index contributed by atoms with van der Waals surface area (Å²) in [5, 5.41) is 0.518. The largest absolute Gasteiger partial charge is 0.493 e. The van der Waals surface area contributed by atoms with Gasteiger partial charge in [0.1, 0.15) is 11.3 Å². The molecule has 0 atom stereocenters. The number of halogens is 2. The van der Waals surface area contributed by atoms with Gasteiger partial charge in [-0.3, -0.25) is 4.79 Å². The molecule has 2 aromatic carbocycles. The van der Waals surface area contributed by atoms with Gasteiger partial charge >= 0.3 is 0 Å². The summed E-state index contributed by atoms with van der Waals surface area (Å²) in [6.45, 7) is 0. The van der Waals surface area contributed by atoms with Crippen molar-refractivity contribution in [3.8, 4) is 5.75 Å². The van der Waals surface area contributed by atoms with Gasteiger partial charge in [0.25, 0.3) is 5.91 Å². The Kier molecular flexibility index (Phi) is 4.22. The number of methoxy groups -OCH3 is 1. The summed E-state index contributed by atoms with van der Waals surface area (Å²) < 4.78 is 25.0. The van der Waals surface area contributed by atoms with Crippen LogP contribution in [-0.2, 0) is 0 Å². The van der Waals surface area contributed by atoms with Gasteiger partial charge in [0.05, 0.1) is 12.1 Å². The molecule has 2 N–H and O–H groups in total. The monoisotopic (exact) mass is 346 g/mol. The molecular weight excluding hydrogens is 335 g/mol. The number of hydrogen-bond acceptors (Lipinski definition) is 4. The summed E-state index contributed by atoms with van der Waals surface area (Å²) in [6, 6.07) is 11.0. The Morgan fingerprint density at radius 2 is 2.04 bits per heavy atom. The topological polar surface area (TPSA) is 77.8 Å². The van der Waals surface area contributed by atoms with E-state index in [0.717, 1.165) is 0 Å². The molecule has 3 rings (SSSR count). The van der Waals surface area contributed by atoms with Gasteiger partial charge < -0.3 is 14.9 Å². The summed E-state index contributed by atoms with van der Waals surface area (Å²) >= 11 is 5.75. The first-order valence-electron chi connectivity index (χ1n) is 6.90. The normalized spacial score (nSPS) is 11.7. The zero-order valence-corrected chi connectivity index (χ0v) is 13.3. The number of amides is 1. The lowest BCUT2D eigenvalue weighted by molar-refractivity contribution is 0.0996. The molecule has 0 saturated heterocycles. The van der Waals surface area contributed by atoms with Crippen LogP contribution in [0, 0.1) is 5.82 Å². The van der Waals surface area contributed by atoms with Crippen molar-refractivity contribution < 1.29 is 18.3 Å². The fourth-order valence-electron chi connectivity index (χ4n) is 2.23. The predicted octanol–water partition coefficient (Wildman–Crippen LogP) is 3.57. The number of nitrogens with zero attached hydrogens (tertiary/aromatic N) is 1. The fraction of sp³-hybridized carbons (Fsp3) is 0.0588. The molecule has 122 valence electrons. The number of hydrogen-bond donors (Lipinski definition) is 1. The van der Waals surface area contributed by atoms with Crippen molar-refractivity contribution in [2.45, 2.75) is 0 Å². The SMILES string of the molecule is COc1cccc2cc(C(N)=O)c(=Nc3cccc(Cl)c3F)oc12. The number of primary amides is 1. The highest BCUT2D eigenvalue weighted by atomic mass is 35.5. The number of rotatable bonds is 3. The van der Waals surface area contributed by atoms with Crippen LogP contribution in [0.25, 0.3) is 11.0 Å². The number of carbonyl (C=O) groups is 1. The summed E-state index contributed by atoms with van der Waals surface area (Å²) in [7, 11) is 1.49. The highest BCUT2D eigenvalue weighted by molar-refractivity contribution is 6.31. The number of nitrogens with two attached hydrogens (primary N) is 1. The molecule has 0 spiro atoms. The second kappa shape index (κ2) is 6.33. The number of para-hydroxylation sites is 1. The average molecular weight is 347 g/mol. The smallest absolute Gasteiger partial charge is 0.254 e. The molecule has 7 heteroatoms. The summed E-state index contributed by atoms with van der Waals surface area (Å²) in [5.41, 5.74) is 5.59. The molecule has 0 unspecified atom stereocenters. The van der Waals surface area contributed by atoms with E-state index < -0.39 is 11.7 Å². The second-order valence-electron chi connectivity index (χ2n) is 4.89. The molecule has 1 heterocycles. The molecule has 0 radical (unpaired) electrons. The molecule has 1 amide bonds. The Hall–Kier alpha value is -2.86. The molecule has 1 aromatic heterocycles. The van der Waals surface area contributed by atoms with Crippen molar-refractivity contribution >= 4 is 34.2 Å². The van der Waals surface area contributed by atoms with Crippen molar-refractivity contribution in [1.82, 2.24) is 0 Å². The molecule has 0 bridgehead atoms. The van der Waals surface area contributed by atoms with Crippen LogP contribution in [-0.4, -0.2) is 13.0 Å². The lowest BCUT2D eigenvalue weighted by atomic mass is 10.1. The van der Waals surface area contributed by atoms with Crippen LogP contribution in [0.5, 0.6) is 5.75 Å². The van der Waals surface area contributed by atoms with E-state index in [1.165, 1.54) is 31.4 Å². The number of ether oxygens (including phenoxy) is 1. The van der Waals surface area contributed by atoms with E-state index in [1.54, 1.807) is 18.2 Å². The Morgan fingerprint density at radius 1 is 1.29 bits per heavy atom. The molecular formula is C17H12ClFN2O3. The van der Waals surface area contributed by atoms with Crippen molar-refractivity contribution in [1.29, 1.82) is 0 Å². The minimum Gasteiger partial charge on any atom is -0.493 e. The van der Waals surface area contributed by atoms with E-state index >= 15 is 0 Å². The average Bonchev–Trinajstić information content (AvgIpc) is 2.57. The maximum atomic E-state index is 14.1. The van der Waals surface area contributed by atoms with Gasteiger partial charge in [-0.05, 0) is 24.3 Å². The van der Waals surface area contributed by atoms with Gasteiger partial charge in [-0.15, -0.1) is 0 Å². The lowest BCUT2D eigenvalue weighted by Gasteiger charge is -2.06. The molecule has 5 nitrogen and oxygen atoms in total. The third-order valence-electron chi connectivity index (χ3n) is 3.38. The van der Waals surface area contributed by atoms with E-state index in [2.05, 4.69) is 4.99 Å². The molecule has 3 aromatic rings. The van der Waals surface area contributed by atoms with Gasteiger partial charge in [-0.25, -0.2) is 9.38 Å². The van der Waals surface area contributed by atoms with E-state index in [-0.39, 0.29) is 21.8 Å². The van der Waals surface area contributed by atoms with E-state index in [0.29, 0.717) is 16.7 Å². The van der Waals surface area contributed by atoms with Gasteiger partial charge in [0.2, 0.25) is 5.55 Å². The van der Waals surface area contributed by atoms with Crippen LogP contribution in [0.3, 0.4) is 0 Å². The first-order valence-corrected chi connectivity index (χ1v) is 7.28. The maximum Gasteiger partial charge on any atom is 0.254 e. The minimum atomic E-state index is -0.746. The van der Waals surface area contributed by atoms with Gasteiger partial charge in [0, 0.05) is 5.39 Å². The zero-order valence-electron chi connectivity index (χ0n) is 12.5. The third-order valence-corrected chi connectivity index (χ3v) is 3.67. The van der Waals surface area contributed by atoms with Crippen LogP contribution >= 0.6 is 11.6 Å². The van der Waals surface area contributed by atoms with Crippen molar-refractivity contribution in [2.24, 2.45) is 10.7 Å². The Morgan fingerprint density at radius 3 is 2.75 bits per heavy atom. The predicted molar refractivity (Wildman–Crippen MR) is 87.9 cm³/mol. The molecule has 0 aliphatic heterocycles. The summed E-state index contributed by atoms with van der Waals surface area (Å²) in [5.74, 6) is -1.01. The van der Waals surface area contributed by atoms with Crippen LogP contribution in [0.4, 0.5) is 10.1 Å². The lowest BCUT2D eigenvalue weighted by Crippen LogP contribution is -2.21. The Bertz CT molecular complexity index is 1010. The van der Waals surface area contributed by atoms with Crippen LogP contribution < -0.4 is 16.0 Å². The maximum absolute atomic E-state index is 14.1. The third kappa shape index (κ3) is 2.83. The van der Waals surface area contributed by atoms with Crippen molar-refractivity contribution in [3.63, 3.8) is 0 Å². The summed E-state index contributed by atoms with van der Waals surface area (Å²) in [4.78, 5) is 15.8. The Balaban J connectivity index is 2.36. The van der Waals surface area contributed by atoms with Gasteiger partial charge in [-0.1, -0.05) is 29.8 Å². The van der Waals surface area contributed by atoms with E-state index in [1.807, 2.05) is 0 Å². The second-order valence-corrected chi connectivity index (χ2v) is 5.30. The van der Waals surface area contributed by atoms with Crippen LogP contribution in [0.15, 0.2) is 51.9 Å².